The zero-order valence-corrected chi connectivity index (χ0v) is 9.05. The predicted octanol–water partition coefficient (Wildman–Crippen LogP) is -4.12. The molecule has 1 saturated heterocycles. The van der Waals surface area contributed by atoms with E-state index in [-0.39, 0.29) is 0 Å². The molecule has 1 aromatic heterocycles. The molecule has 1 aliphatic rings. The van der Waals surface area contributed by atoms with Gasteiger partial charge in [-0.25, -0.2) is 9.89 Å². The molecule has 10 heteroatoms. The van der Waals surface area contributed by atoms with Crippen LogP contribution in [0.5, 0.6) is 0 Å². The van der Waals surface area contributed by atoms with E-state index in [9.17, 15) is 9.59 Å². The standard InChI is InChI=1S/C5H10O5.C3H3N3O2/c6-1-2-3(7)4(8)5(9)10-2;7-2-1-4-6-3(8)5-2/h2-9H,1H2;1H,(H2,5,6,7,8)/t2-,3-,4-,5?;/m1./s1. The van der Waals surface area contributed by atoms with Crippen LogP contribution in [0.2, 0.25) is 0 Å². The molecule has 0 amide bonds. The SMILES string of the molecule is O=c1cn[nH]c(=O)[nH]1.OC[C@H]1OC(O)[C@H](O)[C@@H]1O. The Kier molecular flexibility index (Phi) is 5.12. The van der Waals surface area contributed by atoms with Crippen molar-refractivity contribution in [1.29, 1.82) is 0 Å². The number of nitrogens with zero attached hydrogens (tertiary/aromatic N) is 1. The number of hydrogen-bond donors (Lipinski definition) is 6. The number of aromatic amines is 2. The van der Waals surface area contributed by atoms with Crippen LogP contribution in [-0.4, -0.2) is 66.8 Å². The fourth-order valence-electron chi connectivity index (χ4n) is 1.20. The fraction of sp³-hybridized carbons (Fsp3) is 0.625. The lowest BCUT2D eigenvalue weighted by Gasteiger charge is -2.09. The molecule has 102 valence electrons. The third-order valence-corrected chi connectivity index (χ3v) is 2.10. The van der Waals surface area contributed by atoms with Gasteiger partial charge in [0.25, 0.3) is 5.56 Å². The minimum atomic E-state index is -1.38. The second-order valence-corrected chi connectivity index (χ2v) is 3.42. The average Bonchev–Trinajstić information content (AvgIpc) is 2.57. The number of aliphatic hydroxyl groups excluding tert-OH is 4. The van der Waals surface area contributed by atoms with Gasteiger partial charge in [0.2, 0.25) is 0 Å². The Hall–Kier alpha value is -1.59. The Morgan fingerprint density at radius 3 is 2.22 bits per heavy atom. The largest absolute Gasteiger partial charge is 0.394 e. The number of H-pyrrole nitrogens is 2. The Labute approximate surface area is 99.5 Å². The molecule has 6 N–H and O–H groups in total. The van der Waals surface area contributed by atoms with Crippen LogP contribution in [0.1, 0.15) is 0 Å². The van der Waals surface area contributed by atoms with Crippen molar-refractivity contribution in [2.45, 2.75) is 24.6 Å². The summed E-state index contributed by atoms with van der Waals surface area (Å²) in [6.45, 7) is -0.407. The van der Waals surface area contributed by atoms with Gasteiger partial charge in [0.1, 0.15) is 24.5 Å². The van der Waals surface area contributed by atoms with E-state index >= 15 is 0 Å². The lowest BCUT2D eigenvalue weighted by atomic mass is 10.1. The van der Waals surface area contributed by atoms with Gasteiger partial charge < -0.3 is 25.2 Å². The lowest BCUT2D eigenvalue weighted by molar-refractivity contribution is -0.132. The van der Waals surface area contributed by atoms with E-state index in [2.05, 4.69) is 9.84 Å². The van der Waals surface area contributed by atoms with Gasteiger partial charge >= 0.3 is 5.69 Å². The molecule has 0 radical (unpaired) electrons. The molecule has 2 rings (SSSR count). The predicted molar refractivity (Wildman–Crippen MR) is 55.5 cm³/mol. The van der Waals surface area contributed by atoms with E-state index in [1.807, 2.05) is 10.1 Å². The topological polar surface area (TPSA) is 169 Å². The highest BCUT2D eigenvalue weighted by molar-refractivity contribution is 4.84. The van der Waals surface area contributed by atoms with Crippen molar-refractivity contribution in [2.75, 3.05) is 6.61 Å². The second-order valence-electron chi connectivity index (χ2n) is 3.42. The molecule has 10 nitrogen and oxygen atoms in total. The molecule has 0 bridgehead atoms. The maximum Gasteiger partial charge on any atom is 0.342 e. The first kappa shape index (κ1) is 14.5. The van der Waals surface area contributed by atoms with Crippen LogP contribution in [-0.2, 0) is 4.74 Å². The van der Waals surface area contributed by atoms with Crippen molar-refractivity contribution in [1.82, 2.24) is 15.2 Å². The van der Waals surface area contributed by atoms with Crippen molar-refractivity contribution in [3.05, 3.63) is 27.0 Å². The smallest absolute Gasteiger partial charge is 0.342 e. The number of hydrogen-bond acceptors (Lipinski definition) is 8. The fourth-order valence-corrected chi connectivity index (χ4v) is 1.20. The van der Waals surface area contributed by atoms with E-state index in [0.29, 0.717) is 0 Å². The summed E-state index contributed by atoms with van der Waals surface area (Å²) in [5.41, 5.74) is -1.08. The quantitative estimate of drug-likeness (QED) is 0.297. The third kappa shape index (κ3) is 3.72. The van der Waals surface area contributed by atoms with E-state index in [4.69, 9.17) is 20.4 Å². The second kappa shape index (κ2) is 6.37. The van der Waals surface area contributed by atoms with Gasteiger partial charge in [0.05, 0.1) is 6.61 Å². The number of aliphatic hydroxyl groups is 4. The van der Waals surface area contributed by atoms with Crippen LogP contribution in [0.3, 0.4) is 0 Å². The summed E-state index contributed by atoms with van der Waals surface area (Å²) in [6, 6.07) is 0. The minimum Gasteiger partial charge on any atom is -0.394 e. The Balaban J connectivity index is 0.000000184. The van der Waals surface area contributed by atoms with Crippen molar-refractivity contribution in [3.63, 3.8) is 0 Å². The molecular formula is C8H13N3O7. The van der Waals surface area contributed by atoms with Gasteiger partial charge in [-0.3, -0.25) is 9.78 Å². The van der Waals surface area contributed by atoms with Crippen LogP contribution >= 0.6 is 0 Å². The maximum absolute atomic E-state index is 10.2. The van der Waals surface area contributed by atoms with Crippen LogP contribution in [0.25, 0.3) is 0 Å². The molecule has 1 fully saturated rings. The van der Waals surface area contributed by atoms with Crippen LogP contribution in [0, 0.1) is 0 Å². The van der Waals surface area contributed by atoms with Gasteiger partial charge in [-0.2, -0.15) is 5.10 Å². The van der Waals surface area contributed by atoms with Gasteiger partial charge in [-0.15, -0.1) is 0 Å². The highest BCUT2D eigenvalue weighted by Crippen LogP contribution is 2.18. The highest BCUT2D eigenvalue weighted by Gasteiger charge is 2.41. The molecule has 0 aromatic carbocycles. The number of ether oxygens (including phenoxy) is 1. The molecular weight excluding hydrogens is 250 g/mol. The normalized spacial score (nSPS) is 30.7. The van der Waals surface area contributed by atoms with Crippen molar-refractivity contribution in [2.24, 2.45) is 0 Å². The molecule has 1 unspecified atom stereocenters. The zero-order valence-electron chi connectivity index (χ0n) is 9.05. The van der Waals surface area contributed by atoms with Crippen molar-refractivity contribution in [3.8, 4) is 0 Å². The Bertz CT molecular complexity index is 447. The molecule has 1 aliphatic heterocycles. The Morgan fingerprint density at radius 2 is 1.94 bits per heavy atom. The minimum absolute atomic E-state index is 0.407. The van der Waals surface area contributed by atoms with E-state index in [1.54, 1.807) is 0 Å². The monoisotopic (exact) mass is 263 g/mol. The molecule has 2 heterocycles. The van der Waals surface area contributed by atoms with Gasteiger partial charge in [-0.1, -0.05) is 0 Å². The first-order valence-electron chi connectivity index (χ1n) is 4.90. The molecule has 0 spiro atoms. The summed E-state index contributed by atoms with van der Waals surface area (Å²) >= 11 is 0. The third-order valence-electron chi connectivity index (χ3n) is 2.10. The average molecular weight is 263 g/mol. The summed E-state index contributed by atoms with van der Waals surface area (Å²) in [7, 11) is 0. The summed E-state index contributed by atoms with van der Waals surface area (Å²) < 4.78 is 4.54. The summed E-state index contributed by atoms with van der Waals surface area (Å²) in [4.78, 5) is 22.2. The summed E-state index contributed by atoms with van der Waals surface area (Å²) in [5.74, 6) is 0. The summed E-state index contributed by atoms with van der Waals surface area (Å²) in [5, 5.41) is 40.2. The van der Waals surface area contributed by atoms with E-state index in [1.165, 1.54) is 0 Å². The van der Waals surface area contributed by atoms with Gasteiger partial charge in [0, 0.05) is 0 Å². The molecule has 0 saturated carbocycles. The number of nitrogens with one attached hydrogen (secondary N) is 2. The molecule has 4 atom stereocenters. The number of rotatable bonds is 1. The number of aromatic nitrogens is 3. The van der Waals surface area contributed by atoms with E-state index < -0.39 is 42.5 Å². The van der Waals surface area contributed by atoms with Gasteiger partial charge in [0.15, 0.2) is 6.29 Å². The highest BCUT2D eigenvalue weighted by atomic mass is 16.6. The maximum atomic E-state index is 10.2. The van der Waals surface area contributed by atoms with E-state index in [0.717, 1.165) is 6.20 Å². The van der Waals surface area contributed by atoms with Crippen molar-refractivity contribution < 1.29 is 25.2 Å². The molecule has 18 heavy (non-hydrogen) atoms. The van der Waals surface area contributed by atoms with Crippen LogP contribution in [0.4, 0.5) is 0 Å². The van der Waals surface area contributed by atoms with Crippen LogP contribution < -0.4 is 11.2 Å². The first-order valence-corrected chi connectivity index (χ1v) is 4.90. The van der Waals surface area contributed by atoms with Crippen molar-refractivity contribution >= 4 is 0 Å². The lowest BCUT2D eigenvalue weighted by Crippen LogP contribution is -2.33. The molecule has 0 aliphatic carbocycles. The summed E-state index contributed by atoms with van der Waals surface area (Å²) in [6.07, 6.45) is -3.77. The van der Waals surface area contributed by atoms with Crippen LogP contribution in [0.15, 0.2) is 15.8 Å². The van der Waals surface area contributed by atoms with Gasteiger partial charge in [-0.05, 0) is 0 Å². The Morgan fingerprint density at radius 1 is 1.28 bits per heavy atom. The first-order chi connectivity index (χ1) is 8.45. The molecule has 1 aromatic rings. The zero-order chi connectivity index (χ0) is 13.7.